The number of anilines is 1. The highest BCUT2D eigenvalue weighted by atomic mass is 16.5. The van der Waals surface area contributed by atoms with Gasteiger partial charge in [-0.1, -0.05) is 13.8 Å². The minimum atomic E-state index is -0.509. The molecule has 4 atom stereocenters. The van der Waals surface area contributed by atoms with Gasteiger partial charge in [0.1, 0.15) is 12.7 Å². The fourth-order valence-electron chi connectivity index (χ4n) is 4.88. The highest BCUT2D eigenvalue weighted by Gasteiger charge is 2.58. The molecule has 0 unspecified atom stereocenters. The SMILES string of the molecule is CC[C@@]12CCN(c3noc(C)n3)[C@@H]([C@H](n3cc(C)c(-n4cncn4)nc3=O)O1)[C@@H]2C. The highest BCUT2D eigenvalue weighted by Crippen LogP contribution is 2.51. The fraction of sp³-hybridized carbons (Fsp3) is 0.579. The van der Waals surface area contributed by atoms with Crippen LogP contribution in [-0.4, -0.2) is 52.6 Å². The van der Waals surface area contributed by atoms with E-state index in [4.69, 9.17) is 9.26 Å². The van der Waals surface area contributed by atoms with E-state index in [1.54, 1.807) is 17.7 Å². The lowest BCUT2D eigenvalue weighted by Gasteiger charge is -2.42. The van der Waals surface area contributed by atoms with Gasteiger partial charge in [0.2, 0.25) is 5.89 Å². The molecule has 0 aromatic carbocycles. The molecular formula is C19H24N8O3. The summed E-state index contributed by atoms with van der Waals surface area (Å²) in [5, 5.41) is 8.21. The van der Waals surface area contributed by atoms with E-state index >= 15 is 0 Å². The molecule has 0 radical (unpaired) electrons. The molecule has 11 nitrogen and oxygen atoms in total. The second kappa shape index (κ2) is 6.73. The number of hydrogen-bond acceptors (Lipinski definition) is 9. The average Bonchev–Trinajstić information content (AvgIpc) is 3.44. The van der Waals surface area contributed by atoms with Crippen LogP contribution in [0.4, 0.5) is 5.95 Å². The van der Waals surface area contributed by atoms with Gasteiger partial charge >= 0.3 is 5.69 Å². The topological polar surface area (TPSA) is 117 Å². The van der Waals surface area contributed by atoms with E-state index in [2.05, 4.69) is 44.0 Å². The molecule has 0 amide bonds. The third-order valence-corrected chi connectivity index (χ3v) is 6.52. The van der Waals surface area contributed by atoms with E-state index in [9.17, 15) is 4.79 Å². The molecule has 0 saturated carbocycles. The Kier molecular flexibility index (Phi) is 4.24. The maximum atomic E-state index is 13.1. The lowest BCUT2D eigenvalue weighted by Crippen LogP contribution is -2.53. The van der Waals surface area contributed by atoms with Crippen molar-refractivity contribution >= 4 is 5.95 Å². The van der Waals surface area contributed by atoms with Crippen molar-refractivity contribution in [3.05, 3.63) is 40.8 Å². The van der Waals surface area contributed by atoms with Crippen molar-refractivity contribution in [3.63, 3.8) is 0 Å². The number of nitrogens with zero attached hydrogens (tertiary/aromatic N) is 8. The largest absolute Gasteiger partial charge is 0.351 e. The van der Waals surface area contributed by atoms with E-state index < -0.39 is 11.9 Å². The zero-order valence-electron chi connectivity index (χ0n) is 17.4. The minimum absolute atomic E-state index is 0.119. The number of aryl methyl sites for hydroxylation is 2. The van der Waals surface area contributed by atoms with Crippen molar-refractivity contribution in [1.29, 1.82) is 0 Å². The van der Waals surface area contributed by atoms with E-state index in [-0.39, 0.29) is 17.6 Å². The summed E-state index contributed by atoms with van der Waals surface area (Å²) in [5.74, 6) is 1.66. The molecule has 11 heteroatoms. The van der Waals surface area contributed by atoms with Gasteiger partial charge in [-0.3, -0.25) is 4.57 Å². The van der Waals surface area contributed by atoms with Crippen LogP contribution in [0.2, 0.25) is 0 Å². The summed E-state index contributed by atoms with van der Waals surface area (Å²) in [6, 6.07) is -0.119. The summed E-state index contributed by atoms with van der Waals surface area (Å²) in [6.07, 6.45) is 5.89. The molecule has 0 N–H and O–H groups in total. The Labute approximate surface area is 172 Å². The maximum Gasteiger partial charge on any atom is 0.351 e. The summed E-state index contributed by atoms with van der Waals surface area (Å²) in [6.45, 7) is 8.69. The third-order valence-electron chi connectivity index (χ3n) is 6.52. The number of hydrogen-bond donors (Lipinski definition) is 0. The van der Waals surface area contributed by atoms with Gasteiger partial charge in [-0.15, -0.1) is 0 Å². The zero-order valence-corrected chi connectivity index (χ0v) is 17.4. The monoisotopic (exact) mass is 412 g/mol. The van der Waals surface area contributed by atoms with E-state index in [1.165, 1.54) is 17.3 Å². The summed E-state index contributed by atoms with van der Waals surface area (Å²) >= 11 is 0. The predicted octanol–water partition coefficient (Wildman–Crippen LogP) is 1.42. The van der Waals surface area contributed by atoms with Gasteiger partial charge in [0, 0.05) is 31.1 Å². The van der Waals surface area contributed by atoms with Gasteiger partial charge < -0.3 is 14.2 Å². The fourth-order valence-corrected chi connectivity index (χ4v) is 4.88. The molecule has 2 aliphatic heterocycles. The molecule has 0 aliphatic carbocycles. The lowest BCUT2D eigenvalue weighted by atomic mass is 9.77. The summed E-state index contributed by atoms with van der Waals surface area (Å²) in [4.78, 5) is 27.8. The number of aromatic nitrogens is 7. The average molecular weight is 412 g/mol. The zero-order chi connectivity index (χ0) is 21.0. The smallest absolute Gasteiger partial charge is 0.349 e. The summed E-state index contributed by atoms with van der Waals surface area (Å²) < 4.78 is 14.9. The van der Waals surface area contributed by atoms with Crippen LogP contribution in [0, 0.1) is 19.8 Å². The first kappa shape index (κ1) is 18.9. The molecule has 2 saturated heterocycles. The minimum Gasteiger partial charge on any atom is -0.349 e. The van der Waals surface area contributed by atoms with Crippen LogP contribution in [0.1, 0.15) is 44.4 Å². The van der Waals surface area contributed by atoms with Crippen LogP contribution >= 0.6 is 0 Å². The molecule has 30 heavy (non-hydrogen) atoms. The van der Waals surface area contributed by atoms with Crippen molar-refractivity contribution < 1.29 is 9.26 Å². The van der Waals surface area contributed by atoms with Crippen molar-refractivity contribution in [2.24, 2.45) is 5.92 Å². The Hall–Kier alpha value is -3.08. The van der Waals surface area contributed by atoms with Crippen LogP contribution in [-0.2, 0) is 4.74 Å². The predicted molar refractivity (Wildman–Crippen MR) is 105 cm³/mol. The molecule has 3 aromatic rings. The maximum absolute atomic E-state index is 13.1. The molecule has 5 rings (SSSR count). The van der Waals surface area contributed by atoms with Gasteiger partial charge in [-0.2, -0.15) is 15.1 Å². The lowest BCUT2D eigenvalue weighted by molar-refractivity contribution is -0.0867. The standard InChI is InChI=1S/C19H24N8O3/c1-5-19-6-7-25(17-22-13(4)30-24-17)14(12(19)3)16(29-19)26-8-11(2)15(23-18(26)28)27-10-20-9-21-27/h8-10,12,14,16H,5-7H2,1-4H3/t12-,14+,16+,19-/m0/s1. The molecular weight excluding hydrogens is 388 g/mol. The van der Waals surface area contributed by atoms with Crippen LogP contribution in [0.3, 0.4) is 0 Å². The molecule has 2 aliphatic rings. The summed E-state index contributed by atoms with van der Waals surface area (Å²) in [5.41, 5.74) is 0.0966. The van der Waals surface area contributed by atoms with Crippen molar-refractivity contribution in [2.45, 2.75) is 58.4 Å². The van der Waals surface area contributed by atoms with Crippen LogP contribution in [0.15, 0.2) is 28.2 Å². The molecule has 158 valence electrons. The van der Waals surface area contributed by atoms with E-state index in [0.717, 1.165) is 24.9 Å². The molecule has 0 spiro atoms. The van der Waals surface area contributed by atoms with Crippen LogP contribution in [0.5, 0.6) is 0 Å². The van der Waals surface area contributed by atoms with Gasteiger partial charge in [-0.05, 0) is 24.9 Å². The molecule has 2 bridgehead atoms. The van der Waals surface area contributed by atoms with Crippen molar-refractivity contribution in [3.8, 4) is 5.82 Å². The third kappa shape index (κ3) is 2.68. The quantitative estimate of drug-likeness (QED) is 0.627. The van der Waals surface area contributed by atoms with E-state index in [0.29, 0.717) is 17.7 Å². The highest BCUT2D eigenvalue weighted by molar-refractivity contribution is 5.35. The van der Waals surface area contributed by atoms with Crippen molar-refractivity contribution in [1.82, 2.24) is 34.5 Å². The number of fused-ring (bicyclic) bond motifs is 2. The number of rotatable bonds is 4. The Bertz CT molecular complexity index is 1120. The second-order valence-corrected chi connectivity index (χ2v) is 8.04. The first-order valence-electron chi connectivity index (χ1n) is 10.1. The number of ether oxygens (including phenoxy) is 1. The Morgan fingerprint density at radius 1 is 1.30 bits per heavy atom. The molecule has 3 aromatic heterocycles. The van der Waals surface area contributed by atoms with Gasteiger partial charge in [0.15, 0.2) is 12.0 Å². The Balaban J connectivity index is 1.59. The van der Waals surface area contributed by atoms with Crippen LogP contribution < -0.4 is 10.6 Å². The molecule has 2 fully saturated rings. The van der Waals surface area contributed by atoms with E-state index in [1.807, 2.05) is 6.92 Å². The normalized spacial score (nSPS) is 28.3. The van der Waals surface area contributed by atoms with Gasteiger partial charge in [-0.25, -0.2) is 14.5 Å². The first-order valence-corrected chi connectivity index (χ1v) is 10.1. The van der Waals surface area contributed by atoms with Gasteiger partial charge in [0.25, 0.3) is 5.95 Å². The van der Waals surface area contributed by atoms with Crippen molar-refractivity contribution in [2.75, 3.05) is 11.4 Å². The molecule has 5 heterocycles. The van der Waals surface area contributed by atoms with Crippen LogP contribution in [0.25, 0.3) is 5.82 Å². The summed E-state index contributed by atoms with van der Waals surface area (Å²) in [7, 11) is 0. The first-order chi connectivity index (χ1) is 14.4. The Morgan fingerprint density at radius 2 is 2.13 bits per heavy atom. The van der Waals surface area contributed by atoms with Gasteiger partial charge in [0.05, 0.1) is 11.6 Å². The second-order valence-electron chi connectivity index (χ2n) is 8.04. The number of piperidine rings is 1. The Morgan fingerprint density at radius 3 is 2.80 bits per heavy atom.